The maximum absolute atomic E-state index is 11.4. The van der Waals surface area contributed by atoms with E-state index in [1.807, 2.05) is 0 Å². The number of alkyl halides is 4. The van der Waals surface area contributed by atoms with Crippen molar-refractivity contribution in [1.82, 2.24) is 0 Å². The van der Waals surface area contributed by atoms with Gasteiger partial charge in [-0.1, -0.05) is 69.6 Å². The highest BCUT2D eigenvalue weighted by Gasteiger charge is 2.65. The van der Waals surface area contributed by atoms with Crippen LogP contribution >= 0.6 is 69.6 Å². The first kappa shape index (κ1) is 12.5. The Morgan fingerprint density at radius 2 is 1.08 bits per heavy atom. The van der Waals surface area contributed by atoms with Gasteiger partial charge in [-0.05, 0) is 0 Å². The van der Waals surface area contributed by atoms with Gasteiger partial charge in [0, 0.05) is 0 Å². The van der Waals surface area contributed by atoms with E-state index in [1.54, 1.807) is 0 Å². The van der Waals surface area contributed by atoms with Gasteiger partial charge in [-0.2, -0.15) is 0 Å². The molecule has 0 radical (unpaired) electrons. The topological polar surface area (TPSA) is 34.1 Å². The zero-order valence-corrected chi connectivity index (χ0v) is 10.8. The van der Waals surface area contributed by atoms with Crippen molar-refractivity contribution in [3.63, 3.8) is 0 Å². The van der Waals surface area contributed by atoms with E-state index in [-0.39, 0.29) is 0 Å². The Labute approximate surface area is 105 Å². The fraction of sp³-hybridized carbons (Fsp3) is 0.500. The molecule has 1 aliphatic rings. The molecule has 1 heterocycles. The first-order valence-electron chi connectivity index (χ1n) is 2.63. The summed E-state index contributed by atoms with van der Waals surface area (Å²) in [6.07, 6.45) is 0. The van der Waals surface area contributed by atoms with Gasteiger partial charge in [0.25, 0.3) is 7.33 Å². The van der Waals surface area contributed by atoms with Crippen LogP contribution in [0.5, 0.6) is 0 Å². The van der Waals surface area contributed by atoms with Crippen molar-refractivity contribution in [3.05, 3.63) is 10.1 Å². The van der Waals surface area contributed by atoms with Gasteiger partial charge >= 0.3 is 0 Å². The molecule has 0 amide bonds. The summed E-state index contributed by atoms with van der Waals surface area (Å²) in [7, 11) is -4.28. The summed E-state index contributed by atoms with van der Waals surface area (Å²) >= 11 is 32.6. The van der Waals surface area contributed by atoms with Gasteiger partial charge < -0.3 is 0 Å². The zero-order valence-electron chi connectivity index (χ0n) is 5.49. The molecule has 76 valence electrons. The summed E-state index contributed by atoms with van der Waals surface area (Å²) in [6, 6.07) is 0. The molecule has 0 unspecified atom stereocenters. The number of sulfone groups is 1. The molecule has 1 aliphatic heterocycles. The molecular formula is C4Cl6O2S. The molecule has 0 bridgehead atoms. The van der Waals surface area contributed by atoms with Crippen LogP contribution in [-0.2, 0) is 9.84 Å². The fourth-order valence-corrected chi connectivity index (χ4v) is 5.09. The van der Waals surface area contributed by atoms with Crippen LogP contribution in [0.25, 0.3) is 0 Å². The van der Waals surface area contributed by atoms with Gasteiger partial charge in [-0.3, -0.25) is 0 Å². The van der Waals surface area contributed by atoms with Crippen LogP contribution < -0.4 is 0 Å². The minimum Gasteiger partial charge on any atom is -0.222 e. The Kier molecular flexibility index (Phi) is 3.09. The van der Waals surface area contributed by atoms with E-state index in [9.17, 15) is 8.42 Å². The molecule has 0 aliphatic carbocycles. The fourth-order valence-electron chi connectivity index (χ4n) is 0.652. The van der Waals surface area contributed by atoms with Crippen LogP contribution in [0.3, 0.4) is 0 Å². The normalized spacial score (nSPS) is 29.4. The highest BCUT2D eigenvalue weighted by Crippen LogP contribution is 2.59. The second-order valence-corrected chi connectivity index (χ2v) is 8.70. The molecule has 9 heteroatoms. The number of hydrogen-bond acceptors (Lipinski definition) is 2. The van der Waals surface area contributed by atoms with Crippen LogP contribution in [0, 0.1) is 0 Å². The molecule has 1 rings (SSSR count). The lowest BCUT2D eigenvalue weighted by Crippen LogP contribution is -2.32. The van der Waals surface area contributed by atoms with Gasteiger partial charge in [0.15, 0.2) is 0 Å². The largest absolute Gasteiger partial charge is 0.258 e. The van der Waals surface area contributed by atoms with Crippen molar-refractivity contribution in [3.8, 4) is 0 Å². The molecule has 0 N–H and O–H groups in total. The van der Waals surface area contributed by atoms with Crippen LogP contribution in [0.15, 0.2) is 10.1 Å². The predicted molar refractivity (Wildman–Crippen MR) is 56.5 cm³/mol. The molecule has 2 nitrogen and oxygen atoms in total. The lowest BCUT2D eigenvalue weighted by molar-refractivity contribution is 0.594. The van der Waals surface area contributed by atoms with Crippen LogP contribution in [0.1, 0.15) is 0 Å². The Bertz CT molecular complexity index is 349. The molecule has 0 aromatic carbocycles. The summed E-state index contributed by atoms with van der Waals surface area (Å²) < 4.78 is 18.1. The van der Waals surface area contributed by atoms with Crippen LogP contribution in [0.2, 0.25) is 0 Å². The van der Waals surface area contributed by atoms with Gasteiger partial charge in [0.2, 0.25) is 9.84 Å². The Morgan fingerprint density at radius 3 is 1.15 bits per heavy atom. The van der Waals surface area contributed by atoms with E-state index in [2.05, 4.69) is 0 Å². The summed E-state index contributed by atoms with van der Waals surface area (Å²) in [5.74, 6) is 0. The zero-order chi connectivity index (χ0) is 10.7. The number of halogens is 6. The SMILES string of the molecule is O=S1(=O)C(Cl)(Cl)C(Cl)=C(Cl)C1(Cl)Cl. The lowest BCUT2D eigenvalue weighted by Gasteiger charge is -2.16. The maximum atomic E-state index is 11.4. The van der Waals surface area contributed by atoms with Crippen LogP contribution in [-0.4, -0.2) is 15.7 Å². The highest BCUT2D eigenvalue weighted by atomic mass is 35.5. The second-order valence-electron chi connectivity index (χ2n) is 2.16. The molecule has 0 fully saturated rings. The molecule has 0 aromatic heterocycles. The third kappa shape index (κ3) is 1.40. The van der Waals surface area contributed by atoms with E-state index < -0.39 is 27.2 Å². The van der Waals surface area contributed by atoms with E-state index in [0.717, 1.165) is 0 Å². The van der Waals surface area contributed by atoms with Crippen molar-refractivity contribution in [2.45, 2.75) is 7.33 Å². The quantitative estimate of drug-likeness (QED) is 0.640. The number of hydrogen-bond donors (Lipinski definition) is 0. The van der Waals surface area contributed by atoms with Crippen molar-refractivity contribution in [2.75, 3.05) is 0 Å². The standard InChI is InChI=1S/C4Cl6O2S/c5-1-2(6)4(9,10)13(11,12)3(1,7)8. The van der Waals surface area contributed by atoms with Crippen molar-refractivity contribution < 1.29 is 8.42 Å². The molecule has 0 spiro atoms. The van der Waals surface area contributed by atoms with Gasteiger partial charge in [0.1, 0.15) is 0 Å². The first-order valence-corrected chi connectivity index (χ1v) is 6.38. The minimum absolute atomic E-state index is 0.498. The van der Waals surface area contributed by atoms with Gasteiger partial charge in [-0.25, -0.2) is 8.42 Å². The van der Waals surface area contributed by atoms with E-state index >= 15 is 0 Å². The van der Waals surface area contributed by atoms with E-state index in [0.29, 0.717) is 0 Å². The van der Waals surface area contributed by atoms with Crippen LogP contribution in [0.4, 0.5) is 0 Å². The molecular weight excluding hydrogens is 325 g/mol. The smallest absolute Gasteiger partial charge is 0.222 e. The summed E-state index contributed by atoms with van der Waals surface area (Å²) in [5, 5.41) is -0.995. The monoisotopic (exact) mass is 322 g/mol. The van der Waals surface area contributed by atoms with Crippen molar-refractivity contribution in [1.29, 1.82) is 0 Å². The van der Waals surface area contributed by atoms with Gasteiger partial charge in [-0.15, -0.1) is 0 Å². The second kappa shape index (κ2) is 3.21. The van der Waals surface area contributed by atoms with Crippen molar-refractivity contribution >= 4 is 79.4 Å². The summed E-state index contributed by atoms with van der Waals surface area (Å²) in [5.41, 5.74) is 0. The summed E-state index contributed by atoms with van der Waals surface area (Å²) in [4.78, 5) is 0. The maximum Gasteiger partial charge on any atom is 0.258 e. The average Bonchev–Trinajstić information content (AvgIpc) is 2.05. The molecule has 0 saturated heterocycles. The molecule has 0 saturated carbocycles. The average molecular weight is 325 g/mol. The summed E-state index contributed by atoms with van der Waals surface area (Å²) in [6.45, 7) is 0. The lowest BCUT2D eigenvalue weighted by atomic mass is 10.5. The molecule has 0 aromatic rings. The first-order chi connectivity index (χ1) is 5.57. The minimum atomic E-state index is -4.28. The number of rotatable bonds is 0. The highest BCUT2D eigenvalue weighted by molar-refractivity contribution is 8.00. The molecule has 0 atom stereocenters. The Morgan fingerprint density at radius 1 is 0.846 bits per heavy atom. The predicted octanol–water partition coefficient (Wildman–Crippen LogP) is 3.37. The van der Waals surface area contributed by atoms with Crippen molar-refractivity contribution in [2.24, 2.45) is 0 Å². The third-order valence-corrected chi connectivity index (χ3v) is 7.98. The van der Waals surface area contributed by atoms with Gasteiger partial charge in [0.05, 0.1) is 10.1 Å². The Hall–Kier alpha value is 1.43. The van der Waals surface area contributed by atoms with E-state index in [1.165, 1.54) is 0 Å². The third-order valence-electron chi connectivity index (χ3n) is 1.38. The van der Waals surface area contributed by atoms with E-state index in [4.69, 9.17) is 69.6 Å². The molecule has 13 heavy (non-hydrogen) atoms. The Balaban J connectivity index is 3.58.